The molecule has 0 aliphatic heterocycles. The summed E-state index contributed by atoms with van der Waals surface area (Å²) in [7, 11) is 0. The van der Waals surface area contributed by atoms with Gasteiger partial charge < -0.3 is 10.1 Å². The maximum absolute atomic E-state index is 12.2. The monoisotopic (exact) mass is 391 g/mol. The predicted octanol–water partition coefficient (Wildman–Crippen LogP) is 4.59. The van der Waals surface area contributed by atoms with Crippen LogP contribution in [-0.4, -0.2) is 25.7 Å². The largest absolute Gasteiger partial charge is 0.439 e. The summed E-state index contributed by atoms with van der Waals surface area (Å²) < 4.78 is 7.61. The minimum Gasteiger partial charge on any atom is -0.439 e. The van der Waals surface area contributed by atoms with Crippen molar-refractivity contribution in [3.8, 4) is 17.4 Å². The van der Waals surface area contributed by atoms with Crippen LogP contribution in [0.4, 0.5) is 5.69 Å². The van der Waals surface area contributed by atoms with Crippen molar-refractivity contribution < 1.29 is 9.53 Å². The van der Waals surface area contributed by atoms with Gasteiger partial charge in [-0.25, -0.2) is 14.6 Å². The number of anilines is 1. The number of nitrogens with one attached hydrogen (secondary N) is 1. The maximum Gasteiger partial charge on any atom is 0.224 e. The number of ether oxygens (including phenoxy) is 1. The van der Waals surface area contributed by atoms with Gasteiger partial charge in [0.05, 0.1) is 5.69 Å². The molecule has 29 heavy (non-hydrogen) atoms. The summed E-state index contributed by atoms with van der Waals surface area (Å²) in [5.74, 6) is 2.33. The molecule has 1 aromatic carbocycles. The Kier molecular flexibility index (Phi) is 5.55. The highest BCUT2D eigenvalue weighted by Gasteiger charge is 2.18. The first kappa shape index (κ1) is 19.1. The fraction of sp³-hybridized carbons (Fsp3) is 0.364. The van der Waals surface area contributed by atoms with E-state index in [9.17, 15) is 4.79 Å². The third-order valence-electron chi connectivity index (χ3n) is 5.16. The van der Waals surface area contributed by atoms with Crippen molar-refractivity contribution in [2.24, 2.45) is 5.92 Å². The summed E-state index contributed by atoms with van der Waals surface area (Å²) in [6.45, 7) is 3.92. The molecule has 1 saturated carbocycles. The molecule has 1 amide bonds. The lowest BCUT2D eigenvalue weighted by atomic mass is 10.0. The van der Waals surface area contributed by atoms with Crippen LogP contribution in [0.15, 0.2) is 42.7 Å². The molecule has 1 aliphatic rings. The number of aromatic nitrogens is 4. The van der Waals surface area contributed by atoms with Gasteiger partial charge in [-0.15, -0.1) is 0 Å². The van der Waals surface area contributed by atoms with Crippen molar-refractivity contribution in [1.82, 2.24) is 19.7 Å². The molecule has 2 aromatic heterocycles. The highest BCUT2D eigenvalue weighted by Crippen LogP contribution is 2.28. The Morgan fingerprint density at radius 3 is 2.59 bits per heavy atom. The fourth-order valence-corrected chi connectivity index (χ4v) is 3.78. The molecule has 0 saturated heterocycles. The second kappa shape index (κ2) is 8.43. The quantitative estimate of drug-likeness (QED) is 0.664. The molecule has 0 radical (unpaired) electrons. The number of carbonyl (C=O) groups is 1. The highest BCUT2D eigenvalue weighted by molar-refractivity contribution is 5.90. The Balaban J connectivity index is 1.39. The van der Waals surface area contributed by atoms with E-state index >= 15 is 0 Å². The highest BCUT2D eigenvalue weighted by atomic mass is 16.5. The van der Waals surface area contributed by atoms with E-state index in [0.29, 0.717) is 29.8 Å². The third kappa shape index (κ3) is 4.80. The summed E-state index contributed by atoms with van der Waals surface area (Å²) in [6.07, 6.45) is 6.88. The molecule has 4 rings (SSSR count). The Morgan fingerprint density at radius 2 is 1.90 bits per heavy atom. The van der Waals surface area contributed by atoms with Crippen LogP contribution in [0.5, 0.6) is 11.6 Å². The summed E-state index contributed by atoms with van der Waals surface area (Å²) in [6, 6.07) is 11.0. The molecule has 2 heterocycles. The van der Waals surface area contributed by atoms with E-state index in [0.717, 1.165) is 17.1 Å². The average molecular weight is 391 g/mol. The number of hydrogen-bond acceptors (Lipinski definition) is 5. The molecule has 1 N–H and O–H groups in total. The van der Waals surface area contributed by atoms with Gasteiger partial charge in [-0.05, 0) is 62.9 Å². The van der Waals surface area contributed by atoms with Crippen LogP contribution >= 0.6 is 0 Å². The predicted molar refractivity (Wildman–Crippen MR) is 110 cm³/mol. The summed E-state index contributed by atoms with van der Waals surface area (Å²) in [5.41, 5.74) is 2.69. The molecule has 1 aliphatic carbocycles. The Hall–Kier alpha value is -3.22. The van der Waals surface area contributed by atoms with Gasteiger partial charge in [0.15, 0.2) is 5.82 Å². The lowest BCUT2D eigenvalue weighted by Gasteiger charge is -2.10. The van der Waals surface area contributed by atoms with Gasteiger partial charge in [-0.1, -0.05) is 12.8 Å². The molecular formula is C22H25N5O2. The van der Waals surface area contributed by atoms with Crippen molar-refractivity contribution in [3.63, 3.8) is 0 Å². The van der Waals surface area contributed by atoms with Crippen LogP contribution in [0.1, 0.15) is 43.5 Å². The van der Waals surface area contributed by atoms with Gasteiger partial charge in [-0.3, -0.25) is 4.79 Å². The van der Waals surface area contributed by atoms with Crippen LogP contribution in [0, 0.1) is 19.8 Å². The third-order valence-corrected chi connectivity index (χ3v) is 5.16. The average Bonchev–Trinajstić information content (AvgIpc) is 3.32. The number of benzene rings is 1. The van der Waals surface area contributed by atoms with E-state index in [2.05, 4.69) is 20.4 Å². The van der Waals surface area contributed by atoms with Crippen LogP contribution < -0.4 is 10.1 Å². The standard InChI is InChI=1S/C22H25N5O2/c1-15-11-16(2)27(26-15)20-13-22(24-14-23-20)29-19-9-7-18(8-10-19)25-21(28)12-17-5-3-4-6-17/h7-11,13-14,17H,3-6,12H2,1-2H3,(H,25,28). The van der Waals surface area contributed by atoms with Crippen molar-refractivity contribution in [2.75, 3.05) is 5.32 Å². The van der Waals surface area contributed by atoms with Crippen LogP contribution in [0.2, 0.25) is 0 Å². The number of carbonyl (C=O) groups excluding carboxylic acids is 1. The Bertz CT molecular complexity index is 991. The summed E-state index contributed by atoms with van der Waals surface area (Å²) in [4.78, 5) is 20.6. The smallest absolute Gasteiger partial charge is 0.224 e. The van der Waals surface area contributed by atoms with Crippen LogP contribution in [0.3, 0.4) is 0 Å². The van der Waals surface area contributed by atoms with Gasteiger partial charge in [0.1, 0.15) is 12.1 Å². The van der Waals surface area contributed by atoms with Gasteiger partial charge >= 0.3 is 0 Å². The molecule has 0 atom stereocenters. The van der Waals surface area contributed by atoms with Crippen molar-refractivity contribution in [3.05, 3.63) is 54.1 Å². The van der Waals surface area contributed by atoms with Gasteiger partial charge in [0.25, 0.3) is 0 Å². The number of nitrogens with zero attached hydrogens (tertiary/aromatic N) is 4. The van der Waals surface area contributed by atoms with E-state index in [1.54, 1.807) is 10.7 Å². The minimum absolute atomic E-state index is 0.0795. The molecule has 7 nitrogen and oxygen atoms in total. The summed E-state index contributed by atoms with van der Waals surface area (Å²) in [5, 5.41) is 7.40. The van der Waals surface area contributed by atoms with E-state index in [4.69, 9.17) is 4.74 Å². The minimum atomic E-state index is 0.0795. The molecule has 150 valence electrons. The number of rotatable bonds is 6. The molecule has 0 unspecified atom stereocenters. The number of aryl methyl sites for hydroxylation is 2. The molecular weight excluding hydrogens is 366 g/mol. The lowest BCUT2D eigenvalue weighted by molar-refractivity contribution is -0.117. The second-order valence-corrected chi connectivity index (χ2v) is 7.58. The van der Waals surface area contributed by atoms with Crippen molar-refractivity contribution in [1.29, 1.82) is 0 Å². The Labute approximate surface area is 170 Å². The van der Waals surface area contributed by atoms with E-state index in [-0.39, 0.29) is 5.91 Å². The van der Waals surface area contributed by atoms with E-state index in [1.807, 2.05) is 44.2 Å². The molecule has 3 aromatic rings. The van der Waals surface area contributed by atoms with Crippen LogP contribution in [0.25, 0.3) is 5.82 Å². The van der Waals surface area contributed by atoms with E-state index < -0.39 is 0 Å². The first-order valence-corrected chi connectivity index (χ1v) is 10.0. The number of amides is 1. The zero-order valence-electron chi connectivity index (χ0n) is 16.8. The lowest BCUT2D eigenvalue weighted by Crippen LogP contribution is -2.14. The van der Waals surface area contributed by atoms with Crippen molar-refractivity contribution >= 4 is 11.6 Å². The molecule has 0 spiro atoms. The zero-order valence-corrected chi connectivity index (χ0v) is 16.8. The normalized spacial score (nSPS) is 14.1. The van der Waals surface area contributed by atoms with Crippen molar-refractivity contribution in [2.45, 2.75) is 46.0 Å². The summed E-state index contributed by atoms with van der Waals surface area (Å²) >= 11 is 0. The van der Waals surface area contributed by atoms with E-state index in [1.165, 1.54) is 32.0 Å². The van der Waals surface area contributed by atoms with Gasteiger partial charge in [0.2, 0.25) is 11.8 Å². The molecule has 7 heteroatoms. The molecule has 0 bridgehead atoms. The van der Waals surface area contributed by atoms with Gasteiger partial charge in [0, 0.05) is 23.9 Å². The topological polar surface area (TPSA) is 81.9 Å². The first-order valence-electron chi connectivity index (χ1n) is 10.0. The zero-order chi connectivity index (χ0) is 20.2. The van der Waals surface area contributed by atoms with Gasteiger partial charge in [-0.2, -0.15) is 5.10 Å². The SMILES string of the molecule is Cc1cc(C)n(-c2cc(Oc3ccc(NC(=O)CC4CCCC4)cc3)ncn2)n1. The van der Waals surface area contributed by atoms with Crippen LogP contribution in [-0.2, 0) is 4.79 Å². The maximum atomic E-state index is 12.2. The fourth-order valence-electron chi connectivity index (χ4n) is 3.78. The first-order chi connectivity index (χ1) is 14.1. The Morgan fingerprint density at radius 1 is 1.14 bits per heavy atom. The second-order valence-electron chi connectivity index (χ2n) is 7.58. The molecule has 1 fully saturated rings. The number of hydrogen-bond donors (Lipinski definition) is 1.